The van der Waals surface area contributed by atoms with Crippen LogP contribution in [-0.2, 0) is 19.1 Å². The van der Waals surface area contributed by atoms with Crippen LogP contribution in [0.25, 0.3) is 0 Å². The minimum atomic E-state index is -0.501. The Morgan fingerprint density at radius 2 is 1.76 bits per heavy atom. The molecule has 0 aromatic rings. The molecule has 0 aliphatic rings. The molecule has 0 amide bonds. The monoisotopic (exact) mass is 296 g/mol. The first-order valence-corrected chi connectivity index (χ1v) is 7.52. The molecule has 1 atom stereocenters. The molecule has 0 heterocycles. The van der Waals surface area contributed by atoms with Crippen LogP contribution in [0.2, 0.25) is 0 Å². The van der Waals surface area contributed by atoms with Crippen molar-refractivity contribution in [2.75, 3.05) is 7.11 Å². The maximum absolute atomic E-state index is 11.7. The van der Waals surface area contributed by atoms with Crippen molar-refractivity contribution < 1.29 is 19.1 Å². The van der Waals surface area contributed by atoms with E-state index in [1.807, 2.05) is 0 Å². The molecular weight excluding hydrogens is 268 g/mol. The van der Waals surface area contributed by atoms with Crippen LogP contribution in [0.1, 0.15) is 59.8 Å². The maximum atomic E-state index is 11.7. The van der Waals surface area contributed by atoms with Gasteiger partial charge in [0.1, 0.15) is 5.76 Å². The van der Waals surface area contributed by atoms with Crippen molar-refractivity contribution in [3.8, 4) is 0 Å². The number of esters is 2. The Balaban J connectivity index is 5.16. The summed E-state index contributed by atoms with van der Waals surface area (Å²) in [5.74, 6) is -0.182. The summed E-state index contributed by atoms with van der Waals surface area (Å²) in [5, 5.41) is 0. The third kappa shape index (κ3) is 7.11. The SMILES string of the molecule is C=C(C)C(=O)O/C(CC(CC)CCCC)=C(\C)C(=O)OC. The molecule has 120 valence electrons. The Labute approximate surface area is 128 Å². The molecule has 0 N–H and O–H groups in total. The van der Waals surface area contributed by atoms with Crippen LogP contribution in [0, 0.1) is 5.92 Å². The highest BCUT2D eigenvalue weighted by molar-refractivity contribution is 5.91. The lowest BCUT2D eigenvalue weighted by Crippen LogP contribution is -2.14. The van der Waals surface area contributed by atoms with Crippen LogP contribution in [0.4, 0.5) is 0 Å². The number of carbonyl (C=O) groups excluding carboxylic acids is 2. The van der Waals surface area contributed by atoms with Gasteiger partial charge in [0.25, 0.3) is 0 Å². The number of allylic oxidation sites excluding steroid dienone is 1. The minimum absolute atomic E-state index is 0.312. The number of carbonyl (C=O) groups is 2. The number of unbranched alkanes of at least 4 members (excludes halogenated alkanes) is 1. The summed E-state index contributed by atoms with van der Waals surface area (Å²) in [7, 11) is 1.32. The zero-order valence-electron chi connectivity index (χ0n) is 14.0. The lowest BCUT2D eigenvalue weighted by atomic mass is 9.93. The molecule has 1 unspecified atom stereocenters. The Morgan fingerprint density at radius 1 is 1.14 bits per heavy atom. The fourth-order valence-electron chi connectivity index (χ4n) is 1.94. The molecule has 0 fully saturated rings. The second-order valence-electron chi connectivity index (χ2n) is 5.33. The van der Waals surface area contributed by atoms with Crippen LogP contribution >= 0.6 is 0 Å². The highest BCUT2D eigenvalue weighted by Crippen LogP contribution is 2.25. The second-order valence-corrected chi connectivity index (χ2v) is 5.33. The lowest BCUT2D eigenvalue weighted by Gasteiger charge is -2.18. The van der Waals surface area contributed by atoms with E-state index in [0.29, 0.717) is 29.2 Å². The molecule has 0 spiro atoms. The summed E-state index contributed by atoms with van der Waals surface area (Å²) < 4.78 is 10.1. The first-order valence-electron chi connectivity index (χ1n) is 7.52. The van der Waals surface area contributed by atoms with E-state index >= 15 is 0 Å². The van der Waals surface area contributed by atoms with Gasteiger partial charge >= 0.3 is 11.9 Å². The van der Waals surface area contributed by atoms with E-state index in [2.05, 4.69) is 20.4 Å². The zero-order chi connectivity index (χ0) is 16.4. The molecule has 4 nitrogen and oxygen atoms in total. The zero-order valence-corrected chi connectivity index (χ0v) is 14.0. The quantitative estimate of drug-likeness (QED) is 0.364. The summed E-state index contributed by atoms with van der Waals surface area (Å²) in [4.78, 5) is 23.4. The van der Waals surface area contributed by atoms with Gasteiger partial charge < -0.3 is 9.47 Å². The molecule has 0 saturated carbocycles. The maximum Gasteiger partial charge on any atom is 0.338 e. The van der Waals surface area contributed by atoms with Crippen molar-refractivity contribution in [3.63, 3.8) is 0 Å². The van der Waals surface area contributed by atoms with Gasteiger partial charge in [-0.05, 0) is 19.8 Å². The number of hydrogen-bond donors (Lipinski definition) is 0. The van der Waals surface area contributed by atoms with Gasteiger partial charge in [0.15, 0.2) is 0 Å². The number of methoxy groups -OCH3 is 1. The van der Waals surface area contributed by atoms with Crippen molar-refractivity contribution in [3.05, 3.63) is 23.5 Å². The molecule has 4 heteroatoms. The van der Waals surface area contributed by atoms with Crippen molar-refractivity contribution in [2.24, 2.45) is 5.92 Å². The number of rotatable bonds is 9. The van der Waals surface area contributed by atoms with Crippen molar-refractivity contribution in [2.45, 2.75) is 59.8 Å². The van der Waals surface area contributed by atoms with Crippen LogP contribution < -0.4 is 0 Å². The normalized spacial score (nSPS) is 13.2. The summed E-state index contributed by atoms with van der Waals surface area (Å²) >= 11 is 0. The van der Waals surface area contributed by atoms with E-state index in [0.717, 1.165) is 25.7 Å². The van der Waals surface area contributed by atoms with Gasteiger partial charge in [-0.3, -0.25) is 0 Å². The molecule has 0 aliphatic heterocycles. The summed E-state index contributed by atoms with van der Waals surface area (Å²) in [5.41, 5.74) is 0.661. The summed E-state index contributed by atoms with van der Waals surface area (Å²) in [6.07, 6.45) is 4.84. The van der Waals surface area contributed by atoms with E-state index in [4.69, 9.17) is 9.47 Å². The number of ether oxygens (including phenoxy) is 2. The van der Waals surface area contributed by atoms with E-state index < -0.39 is 11.9 Å². The van der Waals surface area contributed by atoms with Gasteiger partial charge in [0, 0.05) is 12.0 Å². The topological polar surface area (TPSA) is 52.6 Å². The fourth-order valence-corrected chi connectivity index (χ4v) is 1.94. The highest BCUT2D eigenvalue weighted by atomic mass is 16.5. The van der Waals surface area contributed by atoms with Crippen molar-refractivity contribution in [1.29, 1.82) is 0 Å². The highest BCUT2D eigenvalue weighted by Gasteiger charge is 2.20. The van der Waals surface area contributed by atoms with Gasteiger partial charge in [-0.2, -0.15) is 0 Å². The first-order chi connectivity index (χ1) is 9.87. The molecule has 0 rings (SSSR count). The molecule has 0 aromatic carbocycles. The Bertz CT molecular complexity index is 407. The smallest absolute Gasteiger partial charge is 0.338 e. The molecule has 0 saturated heterocycles. The van der Waals surface area contributed by atoms with Gasteiger partial charge in [-0.25, -0.2) is 9.59 Å². The van der Waals surface area contributed by atoms with Crippen LogP contribution in [0.15, 0.2) is 23.5 Å². The number of hydrogen-bond acceptors (Lipinski definition) is 4. The van der Waals surface area contributed by atoms with Crippen molar-refractivity contribution >= 4 is 11.9 Å². The van der Waals surface area contributed by atoms with Gasteiger partial charge in [0.2, 0.25) is 0 Å². The predicted octanol–water partition coefficient (Wildman–Crippen LogP) is 4.16. The average molecular weight is 296 g/mol. The van der Waals surface area contributed by atoms with Gasteiger partial charge in [-0.15, -0.1) is 0 Å². The Hall–Kier alpha value is -1.58. The molecule has 0 bridgehead atoms. The summed E-state index contributed by atoms with van der Waals surface area (Å²) in [6.45, 7) is 11.0. The van der Waals surface area contributed by atoms with Gasteiger partial charge in [0.05, 0.1) is 12.7 Å². The van der Waals surface area contributed by atoms with Crippen LogP contribution in [0.3, 0.4) is 0 Å². The molecule has 0 aliphatic carbocycles. The van der Waals surface area contributed by atoms with E-state index in [1.54, 1.807) is 13.8 Å². The second kappa shape index (κ2) is 10.2. The van der Waals surface area contributed by atoms with E-state index in [1.165, 1.54) is 7.11 Å². The van der Waals surface area contributed by atoms with Crippen LogP contribution in [0.5, 0.6) is 0 Å². The van der Waals surface area contributed by atoms with E-state index in [-0.39, 0.29) is 0 Å². The van der Waals surface area contributed by atoms with Crippen molar-refractivity contribution in [1.82, 2.24) is 0 Å². The molecule has 21 heavy (non-hydrogen) atoms. The average Bonchev–Trinajstić information content (AvgIpc) is 2.48. The Morgan fingerprint density at radius 3 is 2.19 bits per heavy atom. The molecular formula is C17H28O4. The largest absolute Gasteiger partial charge is 0.466 e. The predicted molar refractivity (Wildman–Crippen MR) is 83.5 cm³/mol. The molecule has 0 aromatic heterocycles. The molecule has 0 radical (unpaired) electrons. The van der Waals surface area contributed by atoms with E-state index in [9.17, 15) is 9.59 Å². The standard InChI is InChI=1S/C17H28O4/c1-7-9-10-14(8-2)11-15(13(5)17(19)20-6)21-16(18)12(3)4/h14H,3,7-11H2,1-2,4-6H3/b15-13+. The van der Waals surface area contributed by atoms with Crippen LogP contribution in [-0.4, -0.2) is 19.0 Å². The minimum Gasteiger partial charge on any atom is -0.466 e. The Kier molecular flexibility index (Phi) is 9.42. The fraction of sp³-hybridized carbons (Fsp3) is 0.647. The van der Waals surface area contributed by atoms with Gasteiger partial charge in [-0.1, -0.05) is 46.1 Å². The third-order valence-corrected chi connectivity index (χ3v) is 3.49. The first kappa shape index (κ1) is 19.4. The lowest BCUT2D eigenvalue weighted by molar-refractivity contribution is -0.137. The third-order valence-electron chi connectivity index (χ3n) is 3.49. The summed E-state index contributed by atoms with van der Waals surface area (Å²) in [6, 6.07) is 0.